The number of hydrogen-bond donors (Lipinski definition) is 1. The fourth-order valence-electron chi connectivity index (χ4n) is 2.28. The van der Waals surface area contributed by atoms with Crippen LogP contribution in [-0.4, -0.2) is 74.2 Å². The van der Waals surface area contributed by atoms with Crippen LogP contribution in [0.2, 0.25) is 0 Å². The van der Waals surface area contributed by atoms with Crippen LogP contribution in [0.3, 0.4) is 0 Å². The highest BCUT2D eigenvalue weighted by atomic mass is 16.5. The van der Waals surface area contributed by atoms with E-state index >= 15 is 0 Å². The van der Waals surface area contributed by atoms with Gasteiger partial charge in [0.2, 0.25) is 0 Å². The highest BCUT2D eigenvalue weighted by molar-refractivity contribution is 5.72. The first-order valence-electron chi connectivity index (χ1n) is 7.43. The van der Waals surface area contributed by atoms with Crippen LogP contribution in [0.25, 0.3) is 0 Å². The van der Waals surface area contributed by atoms with Crippen molar-refractivity contribution in [3.63, 3.8) is 0 Å². The number of aliphatic carboxylic acids is 1. The van der Waals surface area contributed by atoms with Crippen molar-refractivity contribution in [1.82, 2.24) is 4.90 Å². The molecule has 1 N–H and O–H groups in total. The molecule has 6 heteroatoms. The molecule has 0 aromatic heterocycles. The summed E-state index contributed by atoms with van der Waals surface area (Å²) in [5, 5.41) is 8.93. The van der Waals surface area contributed by atoms with Gasteiger partial charge in [-0.3, -0.25) is 4.90 Å². The van der Waals surface area contributed by atoms with E-state index in [0.29, 0.717) is 32.8 Å². The van der Waals surface area contributed by atoms with E-state index in [0.717, 1.165) is 26.1 Å². The molecule has 0 saturated carbocycles. The summed E-state index contributed by atoms with van der Waals surface area (Å²) >= 11 is 0. The summed E-state index contributed by atoms with van der Waals surface area (Å²) in [5.74, 6) is -0.859. The zero-order chi connectivity index (χ0) is 14.8. The van der Waals surface area contributed by atoms with Gasteiger partial charge in [0.25, 0.3) is 0 Å². The van der Waals surface area contributed by atoms with Crippen molar-refractivity contribution in [2.75, 3.05) is 46.1 Å². The Morgan fingerprint density at radius 1 is 1.20 bits per heavy atom. The molecule has 0 radical (unpaired) electrons. The number of carboxylic acids is 1. The van der Waals surface area contributed by atoms with Crippen molar-refractivity contribution in [3.8, 4) is 0 Å². The fraction of sp³-hybridized carbons (Fsp3) is 0.929. The van der Waals surface area contributed by atoms with Crippen molar-refractivity contribution >= 4 is 5.97 Å². The van der Waals surface area contributed by atoms with Gasteiger partial charge >= 0.3 is 5.97 Å². The first kappa shape index (κ1) is 17.4. The van der Waals surface area contributed by atoms with E-state index in [1.807, 2.05) is 13.8 Å². The molecule has 1 heterocycles. The smallest absolute Gasteiger partial charge is 0.332 e. The van der Waals surface area contributed by atoms with Gasteiger partial charge in [0.1, 0.15) is 0 Å². The summed E-state index contributed by atoms with van der Waals surface area (Å²) in [6.07, 6.45) is 0.765. The molecule has 1 aliphatic heterocycles. The molecule has 20 heavy (non-hydrogen) atoms. The van der Waals surface area contributed by atoms with Crippen molar-refractivity contribution in [1.29, 1.82) is 0 Å². The minimum Gasteiger partial charge on any atom is -0.479 e. The van der Waals surface area contributed by atoms with E-state index in [1.54, 1.807) is 0 Å². The molecule has 0 spiro atoms. The predicted octanol–water partition coefficient (Wildman–Crippen LogP) is 0.994. The zero-order valence-electron chi connectivity index (χ0n) is 12.5. The maximum atomic E-state index is 10.9. The third kappa shape index (κ3) is 6.65. The van der Waals surface area contributed by atoms with Gasteiger partial charge in [-0.15, -0.1) is 0 Å². The number of ether oxygens (including phenoxy) is 3. The Balaban J connectivity index is 2.32. The maximum absolute atomic E-state index is 10.9. The summed E-state index contributed by atoms with van der Waals surface area (Å²) in [4.78, 5) is 13.1. The number of hydrogen-bond acceptors (Lipinski definition) is 5. The monoisotopic (exact) mass is 289 g/mol. The van der Waals surface area contributed by atoms with Gasteiger partial charge in [0.05, 0.1) is 19.3 Å². The third-order valence-electron chi connectivity index (χ3n) is 3.36. The Bertz CT molecular complexity index is 264. The van der Waals surface area contributed by atoms with Gasteiger partial charge in [-0.25, -0.2) is 4.79 Å². The molecular formula is C14H27NO5. The van der Waals surface area contributed by atoms with Crippen LogP contribution in [0.4, 0.5) is 0 Å². The first-order chi connectivity index (χ1) is 9.67. The minimum atomic E-state index is -0.859. The molecule has 6 nitrogen and oxygen atoms in total. The summed E-state index contributed by atoms with van der Waals surface area (Å²) < 4.78 is 16.3. The van der Waals surface area contributed by atoms with Crippen LogP contribution in [0, 0.1) is 0 Å². The Morgan fingerprint density at radius 2 is 1.80 bits per heavy atom. The van der Waals surface area contributed by atoms with Gasteiger partial charge < -0.3 is 19.3 Å². The quantitative estimate of drug-likeness (QED) is 0.572. The largest absolute Gasteiger partial charge is 0.479 e. The second-order valence-corrected chi connectivity index (χ2v) is 4.86. The molecule has 2 atom stereocenters. The second-order valence-electron chi connectivity index (χ2n) is 4.86. The number of nitrogens with zero attached hydrogens (tertiary/aromatic N) is 1. The molecule has 0 aliphatic carbocycles. The van der Waals surface area contributed by atoms with Gasteiger partial charge in [-0.2, -0.15) is 0 Å². The zero-order valence-corrected chi connectivity index (χ0v) is 12.5. The SMILES string of the molecule is CCOCCN(CCOCC)CC1CCC(C(=O)O)O1. The van der Waals surface area contributed by atoms with E-state index in [4.69, 9.17) is 19.3 Å². The van der Waals surface area contributed by atoms with Gasteiger partial charge in [0.15, 0.2) is 6.10 Å². The third-order valence-corrected chi connectivity index (χ3v) is 3.36. The minimum absolute atomic E-state index is 0.000599. The Labute approximate surface area is 121 Å². The van der Waals surface area contributed by atoms with Crippen molar-refractivity contribution < 1.29 is 24.1 Å². The number of carboxylic acid groups (broad SMARTS) is 1. The summed E-state index contributed by atoms with van der Waals surface area (Å²) in [7, 11) is 0. The van der Waals surface area contributed by atoms with E-state index in [-0.39, 0.29) is 6.10 Å². The number of carbonyl (C=O) groups is 1. The van der Waals surface area contributed by atoms with Crippen molar-refractivity contribution in [2.24, 2.45) is 0 Å². The Kier molecular flexibility index (Phi) is 8.77. The summed E-state index contributed by atoms with van der Waals surface area (Å²) in [6.45, 7) is 9.10. The molecule has 1 saturated heterocycles. The highest BCUT2D eigenvalue weighted by Gasteiger charge is 2.31. The lowest BCUT2D eigenvalue weighted by Gasteiger charge is -2.25. The molecule has 0 bridgehead atoms. The predicted molar refractivity (Wildman–Crippen MR) is 75.0 cm³/mol. The van der Waals surface area contributed by atoms with Crippen LogP contribution in [-0.2, 0) is 19.0 Å². The van der Waals surface area contributed by atoms with Gasteiger partial charge in [0, 0.05) is 32.8 Å². The lowest BCUT2D eigenvalue weighted by Crippen LogP contribution is -2.37. The highest BCUT2D eigenvalue weighted by Crippen LogP contribution is 2.20. The van der Waals surface area contributed by atoms with Gasteiger partial charge in [-0.05, 0) is 26.7 Å². The Morgan fingerprint density at radius 3 is 2.25 bits per heavy atom. The average molecular weight is 289 g/mol. The van der Waals surface area contributed by atoms with E-state index in [2.05, 4.69) is 4.90 Å². The molecule has 2 unspecified atom stereocenters. The van der Waals surface area contributed by atoms with Crippen LogP contribution in [0.1, 0.15) is 26.7 Å². The summed E-state index contributed by atoms with van der Waals surface area (Å²) in [5.41, 5.74) is 0. The van der Waals surface area contributed by atoms with Gasteiger partial charge in [-0.1, -0.05) is 0 Å². The van der Waals surface area contributed by atoms with E-state index in [9.17, 15) is 4.79 Å². The lowest BCUT2D eigenvalue weighted by atomic mass is 10.2. The summed E-state index contributed by atoms with van der Waals surface area (Å²) in [6, 6.07) is 0. The standard InChI is InChI=1S/C14H27NO5/c1-3-18-9-7-15(8-10-19-4-2)11-12-5-6-13(20-12)14(16)17/h12-13H,3-11H2,1-2H3,(H,16,17). The van der Waals surface area contributed by atoms with Crippen LogP contribution in [0.5, 0.6) is 0 Å². The second kappa shape index (κ2) is 10.1. The maximum Gasteiger partial charge on any atom is 0.332 e. The molecular weight excluding hydrogens is 262 g/mol. The molecule has 0 aromatic rings. The normalized spacial score (nSPS) is 22.6. The first-order valence-corrected chi connectivity index (χ1v) is 7.43. The Hall–Kier alpha value is -0.690. The van der Waals surface area contributed by atoms with Crippen LogP contribution >= 0.6 is 0 Å². The fourth-order valence-corrected chi connectivity index (χ4v) is 2.28. The van der Waals surface area contributed by atoms with E-state index in [1.165, 1.54) is 0 Å². The molecule has 118 valence electrons. The van der Waals surface area contributed by atoms with Crippen LogP contribution < -0.4 is 0 Å². The van der Waals surface area contributed by atoms with Crippen molar-refractivity contribution in [2.45, 2.75) is 38.9 Å². The van der Waals surface area contributed by atoms with Crippen molar-refractivity contribution in [3.05, 3.63) is 0 Å². The molecule has 1 fully saturated rings. The molecule has 0 aromatic carbocycles. The average Bonchev–Trinajstić information content (AvgIpc) is 2.88. The molecule has 1 aliphatic rings. The van der Waals surface area contributed by atoms with E-state index < -0.39 is 12.1 Å². The topological polar surface area (TPSA) is 68.2 Å². The molecule has 0 amide bonds. The number of rotatable bonds is 11. The lowest BCUT2D eigenvalue weighted by molar-refractivity contribution is -0.149. The van der Waals surface area contributed by atoms with Crippen LogP contribution in [0.15, 0.2) is 0 Å². The molecule has 1 rings (SSSR count).